The summed E-state index contributed by atoms with van der Waals surface area (Å²) in [4.78, 5) is 4.18. The molecule has 0 aliphatic rings. The quantitative estimate of drug-likeness (QED) is 0.796. The lowest BCUT2D eigenvalue weighted by Crippen LogP contribution is -2.09. The first-order valence-electron chi connectivity index (χ1n) is 5.40. The van der Waals surface area contributed by atoms with E-state index in [9.17, 15) is 0 Å². The van der Waals surface area contributed by atoms with E-state index in [0.717, 1.165) is 16.9 Å². The number of anilines is 1. The van der Waals surface area contributed by atoms with Crippen molar-refractivity contribution >= 4 is 5.95 Å². The Morgan fingerprint density at radius 1 is 1.22 bits per heavy atom. The number of nitrogens with zero attached hydrogens (tertiary/aromatic N) is 2. The highest BCUT2D eigenvalue weighted by molar-refractivity contribution is 5.72. The average molecular weight is 248 g/mol. The average Bonchev–Trinajstić information content (AvgIpc) is 2.69. The van der Waals surface area contributed by atoms with Crippen LogP contribution in [0.3, 0.4) is 0 Å². The van der Waals surface area contributed by atoms with Crippen LogP contribution in [0.4, 0.5) is 5.95 Å². The molecule has 0 bridgehead atoms. The molecule has 0 unspecified atom stereocenters. The molecule has 2 aromatic rings. The molecule has 1 heterocycles. The van der Waals surface area contributed by atoms with Crippen LogP contribution >= 0.6 is 0 Å². The van der Waals surface area contributed by atoms with Crippen molar-refractivity contribution in [2.45, 2.75) is 6.92 Å². The van der Waals surface area contributed by atoms with Gasteiger partial charge in [-0.1, -0.05) is 0 Å². The van der Waals surface area contributed by atoms with E-state index in [1.807, 2.05) is 19.1 Å². The number of hydrogen-bond acceptors (Lipinski definition) is 5. The minimum absolute atomic E-state index is 0.250. The van der Waals surface area contributed by atoms with Gasteiger partial charge in [0.2, 0.25) is 5.95 Å². The van der Waals surface area contributed by atoms with E-state index in [4.69, 9.17) is 21.1 Å². The SMILES string of the molecule is COc1ccc(-c2cn(N)c(N)n2)c(OC)c1C. The summed E-state index contributed by atoms with van der Waals surface area (Å²) in [5.74, 6) is 7.34. The van der Waals surface area contributed by atoms with Gasteiger partial charge >= 0.3 is 0 Å². The fourth-order valence-corrected chi connectivity index (χ4v) is 1.90. The minimum atomic E-state index is 0.250. The third kappa shape index (κ3) is 1.81. The van der Waals surface area contributed by atoms with Gasteiger partial charge in [0.25, 0.3) is 0 Å². The molecule has 96 valence electrons. The first kappa shape index (κ1) is 12.1. The maximum absolute atomic E-state index is 5.63. The van der Waals surface area contributed by atoms with Crippen LogP contribution in [0.25, 0.3) is 11.3 Å². The molecular weight excluding hydrogens is 232 g/mol. The van der Waals surface area contributed by atoms with Gasteiger partial charge in [0.1, 0.15) is 11.5 Å². The van der Waals surface area contributed by atoms with E-state index in [-0.39, 0.29) is 5.95 Å². The van der Waals surface area contributed by atoms with Crippen molar-refractivity contribution in [1.29, 1.82) is 0 Å². The Bertz CT molecular complexity index is 558. The first-order chi connectivity index (χ1) is 8.58. The van der Waals surface area contributed by atoms with Gasteiger partial charge < -0.3 is 21.1 Å². The van der Waals surface area contributed by atoms with Crippen molar-refractivity contribution in [1.82, 2.24) is 9.66 Å². The monoisotopic (exact) mass is 248 g/mol. The second kappa shape index (κ2) is 4.48. The second-order valence-electron chi connectivity index (χ2n) is 3.87. The molecule has 0 spiro atoms. The molecule has 0 atom stereocenters. The topological polar surface area (TPSA) is 88.3 Å². The van der Waals surface area contributed by atoms with Crippen LogP contribution in [0.15, 0.2) is 18.3 Å². The molecule has 2 rings (SSSR count). The molecule has 0 amide bonds. The van der Waals surface area contributed by atoms with Crippen molar-refractivity contribution in [3.63, 3.8) is 0 Å². The Morgan fingerprint density at radius 3 is 2.44 bits per heavy atom. The number of nitrogen functional groups attached to an aromatic ring is 2. The lowest BCUT2D eigenvalue weighted by atomic mass is 10.1. The zero-order valence-corrected chi connectivity index (χ0v) is 10.6. The van der Waals surface area contributed by atoms with Gasteiger partial charge in [0.05, 0.1) is 26.1 Å². The molecule has 0 radical (unpaired) electrons. The largest absolute Gasteiger partial charge is 0.496 e. The van der Waals surface area contributed by atoms with E-state index < -0.39 is 0 Å². The Kier molecular flexibility index (Phi) is 3.01. The lowest BCUT2D eigenvalue weighted by Gasteiger charge is -2.13. The smallest absolute Gasteiger partial charge is 0.219 e. The normalized spacial score (nSPS) is 10.4. The zero-order chi connectivity index (χ0) is 13.3. The Hall–Kier alpha value is -2.37. The zero-order valence-electron chi connectivity index (χ0n) is 10.6. The predicted octanol–water partition coefficient (Wildman–Crippen LogP) is 1.17. The Morgan fingerprint density at radius 2 is 1.94 bits per heavy atom. The molecule has 0 saturated heterocycles. The maximum Gasteiger partial charge on any atom is 0.219 e. The first-order valence-corrected chi connectivity index (χ1v) is 5.40. The molecule has 1 aromatic carbocycles. The Labute approximate surface area is 105 Å². The minimum Gasteiger partial charge on any atom is -0.496 e. The van der Waals surface area contributed by atoms with E-state index in [1.54, 1.807) is 20.4 Å². The summed E-state index contributed by atoms with van der Waals surface area (Å²) in [6.45, 7) is 1.92. The molecule has 4 N–H and O–H groups in total. The summed E-state index contributed by atoms with van der Waals surface area (Å²) in [6.07, 6.45) is 1.65. The van der Waals surface area contributed by atoms with Gasteiger partial charge in [0, 0.05) is 11.1 Å². The summed E-state index contributed by atoms with van der Waals surface area (Å²) in [6, 6.07) is 3.73. The number of benzene rings is 1. The number of aromatic nitrogens is 2. The molecule has 18 heavy (non-hydrogen) atoms. The van der Waals surface area contributed by atoms with Crippen LogP contribution in [-0.4, -0.2) is 23.9 Å². The molecule has 0 aliphatic carbocycles. The lowest BCUT2D eigenvalue weighted by molar-refractivity contribution is 0.390. The van der Waals surface area contributed by atoms with E-state index >= 15 is 0 Å². The van der Waals surface area contributed by atoms with Gasteiger partial charge in [-0.2, -0.15) is 0 Å². The summed E-state index contributed by atoms with van der Waals surface area (Å²) in [7, 11) is 3.22. The van der Waals surface area contributed by atoms with E-state index in [1.165, 1.54) is 4.68 Å². The third-order valence-corrected chi connectivity index (χ3v) is 2.82. The predicted molar refractivity (Wildman–Crippen MR) is 70.1 cm³/mol. The van der Waals surface area contributed by atoms with Gasteiger partial charge in [-0.25, -0.2) is 9.66 Å². The van der Waals surface area contributed by atoms with Crippen molar-refractivity contribution in [2.24, 2.45) is 0 Å². The molecule has 6 heteroatoms. The fourth-order valence-electron chi connectivity index (χ4n) is 1.90. The molecule has 1 aromatic heterocycles. The van der Waals surface area contributed by atoms with Crippen LogP contribution in [0.5, 0.6) is 11.5 Å². The molecule has 6 nitrogen and oxygen atoms in total. The maximum atomic E-state index is 5.63. The van der Waals surface area contributed by atoms with Crippen LogP contribution in [-0.2, 0) is 0 Å². The van der Waals surface area contributed by atoms with E-state index in [0.29, 0.717) is 11.4 Å². The summed E-state index contributed by atoms with van der Waals surface area (Å²) >= 11 is 0. The van der Waals surface area contributed by atoms with Crippen LogP contribution in [0.2, 0.25) is 0 Å². The molecule has 0 fully saturated rings. The standard InChI is InChI=1S/C12H16N4O2/c1-7-10(17-2)5-4-8(11(7)18-3)9-6-16(14)12(13)15-9/h4-6H,14H2,1-3H3,(H2,13,15). The van der Waals surface area contributed by atoms with Crippen LogP contribution in [0.1, 0.15) is 5.56 Å². The van der Waals surface area contributed by atoms with Crippen molar-refractivity contribution in [3.8, 4) is 22.8 Å². The Balaban J connectivity index is 2.61. The van der Waals surface area contributed by atoms with Crippen LogP contribution in [0, 0.1) is 6.92 Å². The number of ether oxygens (including phenoxy) is 2. The highest BCUT2D eigenvalue weighted by atomic mass is 16.5. The number of rotatable bonds is 3. The highest BCUT2D eigenvalue weighted by Crippen LogP contribution is 2.37. The van der Waals surface area contributed by atoms with Gasteiger partial charge in [0.15, 0.2) is 0 Å². The molecular formula is C12H16N4O2. The number of methoxy groups -OCH3 is 2. The molecule has 0 aliphatic heterocycles. The van der Waals surface area contributed by atoms with Crippen molar-refractivity contribution in [3.05, 3.63) is 23.9 Å². The number of imidazole rings is 1. The highest BCUT2D eigenvalue weighted by Gasteiger charge is 2.15. The van der Waals surface area contributed by atoms with Gasteiger partial charge in [-0.15, -0.1) is 0 Å². The summed E-state index contributed by atoms with van der Waals surface area (Å²) in [5.41, 5.74) is 8.02. The van der Waals surface area contributed by atoms with Crippen molar-refractivity contribution < 1.29 is 9.47 Å². The summed E-state index contributed by atoms with van der Waals surface area (Å²) in [5, 5.41) is 0. The third-order valence-electron chi connectivity index (χ3n) is 2.82. The van der Waals surface area contributed by atoms with Crippen LogP contribution < -0.4 is 21.1 Å². The second-order valence-corrected chi connectivity index (χ2v) is 3.87. The molecule has 0 saturated carbocycles. The fraction of sp³-hybridized carbons (Fsp3) is 0.250. The van der Waals surface area contributed by atoms with E-state index in [2.05, 4.69) is 4.98 Å². The van der Waals surface area contributed by atoms with Gasteiger partial charge in [-0.3, -0.25) is 0 Å². The van der Waals surface area contributed by atoms with Gasteiger partial charge in [-0.05, 0) is 19.1 Å². The summed E-state index contributed by atoms with van der Waals surface area (Å²) < 4.78 is 11.9. The number of hydrogen-bond donors (Lipinski definition) is 2. The van der Waals surface area contributed by atoms with Crippen molar-refractivity contribution in [2.75, 3.05) is 25.8 Å². The number of nitrogens with two attached hydrogens (primary N) is 2.